The van der Waals surface area contributed by atoms with Crippen LogP contribution in [0.25, 0.3) is 0 Å². The molecule has 2 aromatic heterocycles. The summed E-state index contributed by atoms with van der Waals surface area (Å²) in [6.45, 7) is 4.44. The summed E-state index contributed by atoms with van der Waals surface area (Å²) >= 11 is 0. The lowest BCUT2D eigenvalue weighted by atomic mass is 10.3. The number of rotatable bonds is 5. The van der Waals surface area contributed by atoms with Crippen molar-refractivity contribution >= 4 is 16.0 Å². The smallest absolute Gasteiger partial charge is 0.241 e. The molecule has 20 heavy (non-hydrogen) atoms. The molecule has 2 heterocycles. The van der Waals surface area contributed by atoms with Gasteiger partial charge < -0.3 is 5.32 Å². The molecule has 0 unspecified atom stereocenters. The van der Waals surface area contributed by atoms with E-state index in [1.165, 1.54) is 11.0 Å². The van der Waals surface area contributed by atoms with Crippen LogP contribution in [0.4, 0.5) is 5.95 Å². The summed E-state index contributed by atoms with van der Waals surface area (Å²) in [5, 5.41) is 16.4. The monoisotopic (exact) mass is 299 g/mol. The Morgan fingerprint density at radius 1 is 1.45 bits per heavy atom. The Labute approximate surface area is 116 Å². The number of sulfonamides is 1. The number of nitrogens with one attached hydrogen (secondary N) is 1. The number of anilines is 1. The highest BCUT2D eigenvalue weighted by atomic mass is 32.2. The van der Waals surface area contributed by atoms with Crippen molar-refractivity contribution in [3.05, 3.63) is 17.7 Å². The van der Waals surface area contributed by atoms with Gasteiger partial charge in [-0.2, -0.15) is 15.2 Å². The summed E-state index contributed by atoms with van der Waals surface area (Å²) in [6, 6.07) is 0. The fourth-order valence-electron chi connectivity index (χ4n) is 2.05. The number of primary sulfonamides is 1. The van der Waals surface area contributed by atoms with Gasteiger partial charge in [-0.15, -0.1) is 0 Å². The molecule has 2 rings (SSSR count). The molecule has 9 nitrogen and oxygen atoms in total. The van der Waals surface area contributed by atoms with Gasteiger partial charge in [0.1, 0.15) is 11.2 Å². The number of aryl methyl sites for hydroxylation is 3. The standard InChI is InChI=1S/C10H17N7O2S/c1-4-17-10(13-6-14-17)12-5-8-9(20(11,18)19)7(2)15-16(8)3/h6H,4-5H2,1-3H3,(H2,11,18,19)(H,12,13,14). The number of hydrogen-bond acceptors (Lipinski definition) is 6. The molecule has 0 fully saturated rings. The van der Waals surface area contributed by atoms with Gasteiger partial charge in [0.2, 0.25) is 16.0 Å². The lowest BCUT2D eigenvalue weighted by Gasteiger charge is -2.08. The van der Waals surface area contributed by atoms with E-state index in [9.17, 15) is 8.42 Å². The second-order valence-corrected chi connectivity index (χ2v) is 5.78. The highest BCUT2D eigenvalue weighted by molar-refractivity contribution is 7.89. The van der Waals surface area contributed by atoms with Gasteiger partial charge in [0.25, 0.3) is 0 Å². The van der Waals surface area contributed by atoms with Crippen LogP contribution in [0.5, 0.6) is 0 Å². The lowest BCUT2D eigenvalue weighted by molar-refractivity contribution is 0.595. The van der Waals surface area contributed by atoms with E-state index < -0.39 is 10.0 Å². The molecule has 0 aliphatic heterocycles. The van der Waals surface area contributed by atoms with Gasteiger partial charge in [0, 0.05) is 13.6 Å². The Kier molecular flexibility index (Phi) is 3.77. The minimum atomic E-state index is -3.82. The molecule has 0 aliphatic rings. The average Bonchev–Trinajstić information content (AvgIpc) is 2.89. The molecular weight excluding hydrogens is 282 g/mol. The van der Waals surface area contributed by atoms with Crippen molar-refractivity contribution in [2.75, 3.05) is 5.32 Å². The van der Waals surface area contributed by atoms with E-state index in [1.54, 1.807) is 18.7 Å². The summed E-state index contributed by atoms with van der Waals surface area (Å²) in [5.74, 6) is 0.562. The summed E-state index contributed by atoms with van der Waals surface area (Å²) in [5.41, 5.74) is 0.861. The maximum atomic E-state index is 11.6. The van der Waals surface area contributed by atoms with Crippen LogP contribution in [0.2, 0.25) is 0 Å². The van der Waals surface area contributed by atoms with Crippen LogP contribution in [0.1, 0.15) is 18.3 Å². The molecule has 0 aliphatic carbocycles. The molecule has 10 heteroatoms. The van der Waals surface area contributed by atoms with Crippen molar-refractivity contribution in [1.82, 2.24) is 24.5 Å². The second kappa shape index (κ2) is 5.21. The first-order valence-corrected chi connectivity index (χ1v) is 7.56. The first kappa shape index (κ1) is 14.5. The zero-order valence-electron chi connectivity index (χ0n) is 11.5. The van der Waals surface area contributed by atoms with Crippen LogP contribution >= 0.6 is 0 Å². The summed E-state index contributed by atoms with van der Waals surface area (Å²) < 4.78 is 26.4. The summed E-state index contributed by atoms with van der Waals surface area (Å²) in [6.07, 6.45) is 1.43. The van der Waals surface area contributed by atoms with Gasteiger partial charge in [-0.05, 0) is 13.8 Å². The van der Waals surface area contributed by atoms with E-state index in [-0.39, 0.29) is 11.4 Å². The molecular formula is C10H17N7O2S. The normalized spacial score (nSPS) is 11.8. The minimum Gasteiger partial charge on any atom is -0.349 e. The Bertz CT molecular complexity index is 716. The van der Waals surface area contributed by atoms with Crippen molar-refractivity contribution in [2.24, 2.45) is 12.2 Å². The Balaban J connectivity index is 2.31. The third kappa shape index (κ3) is 2.65. The molecule has 0 amide bonds. The molecule has 0 atom stereocenters. The van der Waals surface area contributed by atoms with E-state index in [0.717, 1.165) is 0 Å². The first-order valence-electron chi connectivity index (χ1n) is 6.01. The number of nitrogens with zero attached hydrogens (tertiary/aromatic N) is 5. The topological polar surface area (TPSA) is 121 Å². The van der Waals surface area contributed by atoms with E-state index in [2.05, 4.69) is 20.5 Å². The predicted molar refractivity (Wildman–Crippen MR) is 72.3 cm³/mol. The molecule has 0 radical (unpaired) electrons. The van der Waals surface area contributed by atoms with Gasteiger partial charge in [-0.1, -0.05) is 0 Å². The number of hydrogen-bond donors (Lipinski definition) is 2. The van der Waals surface area contributed by atoms with Crippen LogP contribution in [0, 0.1) is 6.92 Å². The molecule has 0 aromatic carbocycles. The van der Waals surface area contributed by atoms with E-state index in [1.807, 2.05) is 6.92 Å². The molecule has 0 saturated carbocycles. The maximum Gasteiger partial charge on any atom is 0.241 e. The zero-order valence-corrected chi connectivity index (χ0v) is 12.3. The predicted octanol–water partition coefficient (Wildman–Crippen LogP) is -0.401. The first-order chi connectivity index (χ1) is 9.34. The van der Waals surface area contributed by atoms with Gasteiger partial charge in [0.15, 0.2) is 0 Å². The van der Waals surface area contributed by atoms with Crippen LogP contribution in [-0.2, 0) is 30.2 Å². The second-order valence-electron chi connectivity index (χ2n) is 4.28. The van der Waals surface area contributed by atoms with Gasteiger partial charge >= 0.3 is 0 Å². The highest BCUT2D eigenvalue weighted by Crippen LogP contribution is 2.19. The van der Waals surface area contributed by atoms with Crippen molar-refractivity contribution in [3.8, 4) is 0 Å². The Morgan fingerprint density at radius 3 is 2.75 bits per heavy atom. The maximum absolute atomic E-state index is 11.6. The fourth-order valence-corrected chi connectivity index (χ4v) is 3.03. The van der Waals surface area contributed by atoms with Crippen LogP contribution in [-0.4, -0.2) is 33.0 Å². The quantitative estimate of drug-likeness (QED) is 0.775. The third-order valence-corrected chi connectivity index (χ3v) is 3.99. The van der Waals surface area contributed by atoms with Crippen molar-refractivity contribution < 1.29 is 8.42 Å². The van der Waals surface area contributed by atoms with Crippen molar-refractivity contribution in [3.63, 3.8) is 0 Å². The van der Waals surface area contributed by atoms with E-state index in [0.29, 0.717) is 23.9 Å². The van der Waals surface area contributed by atoms with Crippen molar-refractivity contribution in [1.29, 1.82) is 0 Å². The zero-order chi connectivity index (χ0) is 14.9. The van der Waals surface area contributed by atoms with Crippen molar-refractivity contribution in [2.45, 2.75) is 31.8 Å². The highest BCUT2D eigenvalue weighted by Gasteiger charge is 2.22. The van der Waals surface area contributed by atoms with E-state index in [4.69, 9.17) is 5.14 Å². The average molecular weight is 299 g/mol. The van der Waals surface area contributed by atoms with Gasteiger partial charge in [0.05, 0.1) is 17.9 Å². The van der Waals surface area contributed by atoms with Crippen LogP contribution < -0.4 is 10.5 Å². The molecule has 3 N–H and O–H groups in total. The van der Waals surface area contributed by atoms with E-state index >= 15 is 0 Å². The third-order valence-electron chi connectivity index (χ3n) is 2.89. The van der Waals surface area contributed by atoms with Gasteiger partial charge in [-0.25, -0.2) is 18.2 Å². The van der Waals surface area contributed by atoms with Crippen LogP contribution in [0.15, 0.2) is 11.2 Å². The number of aromatic nitrogens is 5. The SMILES string of the molecule is CCn1ncnc1NCc1c(S(N)(=O)=O)c(C)nn1C. The molecule has 0 spiro atoms. The Hall–Kier alpha value is -1.94. The molecule has 0 bridgehead atoms. The minimum absolute atomic E-state index is 0.0510. The molecule has 110 valence electrons. The fraction of sp³-hybridized carbons (Fsp3) is 0.500. The summed E-state index contributed by atoms with van der Waals surface area (Å²) in [4.78, 5) is 4.11. The lowest BCUT2D eigenvalue weighted by Crippen LogP contribution is -2.18. The van der Waals surface area contributed by atoms with Gasteiger partial charge in [-0.3, -0.25) is 4.68 Å². The number of nitrogens with two attached hydrogens (primary N) is 1. The van der Waals surface area contributed by atoms with Crippen LogP contribution in [0.3, 0.4) is 0 Å². The summed E-state index contributed by atoms with van der Waals surface area (Å²) in [7, 11) is -2.15. The largest absolute Gasteiger partial charge is 0.349 e. The molecule has 0 saturated heterocycles. The molecule has 2 aromatic rings. The Morgan fingerprint density at radius 2 is 2.15 bits per heavy atom.